The number of ether oxygens (including phenoxy) is 2. The fourth-order valence-corrected chi connectivity index (χ4v) is 4.76. The zero-order chi connectivity index (χ0) is 36.5. The molecule has 0 heterocycles. The van der Waals surface area contributed by atoms with E-state index in [-0.39, 0.29) is 37.2 Å². The van der Waals surface area contributed by atoms with E-state index in [2.05, 4.69) is 20.1 Å². The molecule has 4 rings (SSSR count). The topological polar surface area (TPSA) is 143 Å². The Balaban J connectivity index is 1.56. The van der Waals surface area contributed by atoms with Crippen LogP contribution < -0.4 is 25.8 Å². The number of anilines is 2. The lowest BCUT2D eigenvalue weighted by Gasteiger charge is -2.26. The molecule has 50 heavy (non-hydrogen) atoms. The zero-order valence-corrected chi connectivity index (χ0v) is 25.9. The molecule has 1 atom stereocenters. The lowest BCUT2D eigenvalue weighted by Crippen LogP contribution is -2.35. The monoisotopic (exact) mass is 704 g/mol. The van der Waals surface area contributed by atoms with Crippen molar-refractivity contribution in [2.75, 3.05) is 17.2 Å². The summed E-state index contributed by atoms with van der Waals surface area (Å²) < 4.78 is 84.1. The van der Waals surface area contributed by atoms with Crippen molar-refractivity contribution in [3.8, 4) is 11.5 Å². The average Bonchev–Trinajstić information content (AvgIpc) is 3.03. The van der Waals surface area contributed by atoms with Crippen molar-refractivity contribution in [3.63, 3.8) is 0 Å². The molecular weight excluding hydrogens is 674 g/mol. The molecule has 264 valence electrons. The van der Waals surface area contributed by atoms with Gasteiger partial charge in [0.1, 0.15) is 17.5 Å². The van der Waals surface area contributed by atoms with E-state index in [1.54, 1.807) is 53.4 Å². The van der Waals surface area contributed by atoms with Gasteiger partial charge in [-0.2, -0.15) is 0 Å². The van der Waals surface area contributed by atoms with Gasteiger partial charge in [-0.25, -0.2) is 0 Å². The van der Waals surface area contributed by atoms with Crippen LogP contribution in [-0.4, -0.2) is 53.1 Å². The minimum absolute atomic E-state index is 0.0103. The van der Waals surface area contributed by atoms with Crippen LogP contribution in [0, 0.1) is 0 Å². The van der Waals surface area contributed by atoms with Crippen LogP contribution in [-0.2, 0) is 17.9 Å². The Labute approximate surface area is 281 Å². The number of nitrogens with two attached hydrogens (primary N) is 1. The first kappa shape index (κ1) is 37.2. The van der Waals surface area contributed by atoms with Crippen LogP contribution in [0.1, 0.15) is 38.3 Å². The molecule has 2 amide bonds. The number of halogens is 6. The van der Waals surface area contributed by atoms with Crippen LogP contribution in [0.25, 0.3) is 0 Å². The fourth-order valence-electron chi connectivity index (χ4n) is 4.76. The second-order valence-corrected chi connectivity index (χ2v) is 10.8. The maximum absolute atomic E-state index is 13.1. The number of para-hydroxylation sites is 2. The molecule has 0 bridgehead atoms. The number of alkyl halides is 6. The van der Waals surface area contributed by atoms with Crippen LogP contribution in [0.2, 0.25) is 0 Å². The summed E-state index contributed by atoms with van der Waals surface area (Å²) in [6, 6.07) is 21.0. The van der Waals surface area contributed by atoms with E-state index in [0.29, 0.717) is 22.5 Å². The third-order valence-electron chi connectivity index (χ3n) is 7.05. The van der Waals surface area contributed by atoms with Crippen molar-refractivity contribution in [3.05, 3.63) is 119 Å². The van der Waals surface area contributed by atoms with E-state index in [1.807, 2.05) is 0 Å². The predicted octanol–water partition coefficient (Wildman–Crippen LogP) is 6.79. The molecule has 0 aliphatic heterocycles. The zero-order valence-electron chi connectivity index (χ0n) is 25.9. The summed E-state index contributed by atoms with van der Waals surface area (Å²) >= 11 is 0. The molecule has 0 aliphatic rings. The normalized spacial score (nSPS) is 12.2. The lowest BCUT2D eigenvalue weighted by molar-refractivity contribution is -0.275. The number of carboxylic acids is 1. The average molecular weight is 705 g/mol. The number of carbonyl (C=O) groups excluding carboxylic acids is 2. The Kier molecular flexibility index (Phi) is 12.1. The minimum atomic E-state index is -4.95. The minimum Gasteiger partial charge on any atom is -0.480 e. The van der Waals surface area contributed by atoms with E-state index in [9.17, 15) is 45.8 Å². The van der Waals surface area contributed by atoms with Crippen molar-refractivity contribution in [1.82, 2.24) is 4.90 Å². The molecule has 0 saturated carbocycles. The summed E-state index contributed by atoms with van der Waals surface area (Å²) in [5.41, 5.74) is 7.29. The van der Waals surface area contributed by atoms with E-state index in [0.717, 1.165) is 24.3 Å². The van der Waals surface area contributed by atoms with Crippen molar-refractivity contribution >= 4 is 29.2 Å². The molecule has 0 aliphatic carbocycles. The number of carbonyl (C=O) groups is 3. The molecule has 5 N–H and O–H groups in total. The predicted molar refractivity (Wildman–Crippen MR) is 169 cm³/mol. The quantitative estimate of drug-likeness (QED) is 0.105. The second-order valence-electron chi connectivity index (χ2n) is 10.8. The number of aliphatic carboxylic acids is 1. The smallest absolute Gasteiger partial charge is 0.480 e. The number of rotatable bonds is 14. The summed E-state index contributed by atoms with van der Waals surface area (Å²) in [6.07, 6.45) is -9.89. The van der Waals surface area contributed by atoms with Gasteiger partial charge < -0.3 is 30.9 Å². The Bertz CT molecular complexity index is 1700. The molecule has 16 heteroatoms. The van der Waals surface area contributed by atoms with E-state index in [4.69, 9.17) is 5.73 Å². The van der Waals surface area contributed by atoms with E-state index in [1.165, 1.54) is 24.3 Å². The number of nitrogens with zero attached hydrogens (tertiary/aromatic N) is 1. The van der Waals surface area contributed by atoms with Gasteiger partial charge in [-0.3, -0.25) is 19.3 Å². The number of amides is 2. The van der Waals surface area contributed by atoms with Crippen LogP contribution in [0.4, 0.5) is 37.7 Å². The maximum Gasteiger partial charge on any atom is 0.573 e. The summed E-state index contributed by atoms with van der Waals surface area (Å²) in [4.78, 5) is 39.4. The van der Waals surface area contributed by atoms with Crippen molar-refractivity contribution in [2.45, 2.75) is 38.3 Å². The standard InChI is InChI=1S/C34H30F6N4O6/c35-33(36,37)49-25-11-5-9-21(17-25)30(45)42-28-13-3-1-7-23(28)19-44(16-15-27(41)32(47)48)20-24-8-2-4-14-29(24)43-31(46)22-10-6-12-26(18-22)50-34(38,39)40/h1-14,17-18,27H,15-16,19-20,41H2,(H,42,45)(H,43,46)(H,47,48). The third kappa shape index (κ3) is 11.5. The molecular formula is C34H30F6N4O6. The Morgan fingerprint density at radius 2 is 1.10 bits per heavy atom. The number of hydrogen-bond acceptors (Lipinski definition) is 7. The third-order valence-corrected chi connectivity index (χ3v) is 7.05. The van der Waals surface area contributed by atoms with Crippen LogP contribution in [0.15, 0.2) is 97.1 Å². The van der Waals surface area contributed by atoms with Crippen LogP contribution >= 0.6 is 0 Å². The highest BCUT2D eigenvalue weighted by atomic mass is 19.4. The molecule has 10 nitrogen and oxygen atoms in total. The fraction of sp³-hybridized carbons (Fsp3) is 0.206. The SMILES string of the molecule is NC(CCN(Cc1ccccc1NC(=O)c1cccc(OC(F)(F)F)c1)Cc1ccccc1NC(=O)c1cccc(OC(F)(F)F)c1)C(=O)O. The maximum atomic E-state index is 13.1. The second kappa shape index (κ2) is 16.2. The van der Waals surface area contributed by atoms with Gasteiger partial charge >= 0.3 is 18.7 Å². The van der Waals surface area contributed by atoms with E-state index >= 15 is 0 Å². The summed E-state index contributed by atoms with van der Waals surface area (Å²) in [5.74, 6) is -3.82. The first-order chi connectivity index (χ1) is 23.6. The first-order valence-electron chi connectivity index (χ1n) is 14.8. The lowest BCUT2D eigenvalue weighted by atomic mass is 10.1. The van der Waals surface area contributed by atoms with Crippen LogP contribution in [0.5, 0.6) is 11.5 Å². The molecule has 0 radical (unpaired) electrons. The highest BCUT2D eigenvalue weighted by Gasteiger charge is 2.32. The summed E-state index contributed by atoms with van der Waals surface area (Å²) in [5, 5.41) is 14.7. The molecule has 4 aromatic carbocycles. The number of hydrogen-bond donors (Lipinski definition) is 4. The van der Waals surface area contributed by atoms with Gasteiger partial charge in [-0.05, 0) is 66.1 Å². The molecule has 0 aromatic heterocycles. The van der Waals surface area contributed by atoms with Gasteiger partial charge in [-0.1, -0.05) is 48.5 Å². The molecule has 0 saturated heterocycles. The van der Waals surface area contributed by atoms with Crippen molar-refractivity contribution in [2.24, 2.45) is 5.73 Å². The highest BCUT2D eigenvalue weighted by Crippen LogP contribution is 2.27. The first-order valence-corrected chi connectivity index (χ1v) is 14.8. The summed E-state index contributed by atoms with van der Waals surface area (Å²) in [6.45, 7) is 0.351. The van der Waals surface area contributed by atoms with Gasteiger partial charge in [0.25, 0.3) is 11.8 Å². The number of nitrogens with one attached hydrogen (secondary N) is 2. The van der Waals surface area contributed by atoms with Gasteiger partial charge in [0, 0.05) is 42.1 Å². The highest BCUT2D eigenvalue weighted by molar-refractivity contribution is 6.05. The Hall–Kier alpha value is -5.61. The van der Waals surface area contributed by atoms with Crippen molar-refractivity contribution < 1.29 is 55.3 Å². The summed E-state index contributed by atoms with van der Waals surface area (Å²) in [7, 11) is 0. The van der Waals surface area contributed by atoms with Gasteiger partial charge in [0.15, 0.2) is 0 Å². The molecule has 0 fully saturated rings. The van der Waals surface area contributed by atoms with E-state index < -0.39 is 48.0 Å². The Morgan fingerprint density at radius 1 is 0.680 bits per heavy atom. The number of carboxylic acid groups (broad SMARTS) is 1. The Morgan fingerprint density at radius 3 is 1.50 bits per heavy atom. The molecule has 0 spiro atoms. The van der Waals surface area contributed by atoms with Crippen LogP contribution in [0.3, 0.4) is 0 Å². The largest absolute Gasteiger partial charge is 0.573 e. The van der Waals surface area contributed by atoms with Gasteiger partial charge in [-0.15, -0.1) is 26.3 Å². The van der Waals surface area contributed by atoms with Gasteiger partial charge in [0.05, 0.1) is 0 Å². The molecule has 4 aromatic rings. The molecule has 1 unspecified atom stereocenters. The van der Waals surface area contributed by atoms with Crippen molar-refractivity contribution in [1.29, 1.82) is 0 Å². The number of benzene rings is 4. The van der Waals surface area contributed by atoms with Gasteiger partial charge in [0.2, 0.25) is 0 Å².